The summed E-state index contributed by atoms with van der Waals surface area (Å²) in [7, 11) is -4.05. The van der Waals surface area contributed by atoms with Crippen molar-refractivity contribution in [1.82, 2.24) is 0 Å². The van der Waals surface area contributed by atoms with Gasteiger partial charge in [0.25, 0.3) is 10.0 Å². The summed E-state index contributed by atoms with van der Waals surface area (Å²) < 4.78 is 70.9. The van der Waals surface area contributed by atoms with E-state index in [0.29, 0.717) is 15.7 Å². The number of rotatable bonds is 5. The molecular formula is C20H14BrF3N2O3S. The lowest BCUT2D eigenvalue weighted by molar-refractivity contribution is -0.274. The lowest BCUT2D eigenvalue weighted by Crippen LogP contribution is -2.18. The van der Waals surface area contributed by atoms with E-state index in [4.69, 9.17) is 0 Å². The van der Waals surface area contributed by atoms with Gasteiger partial charge in [0.05, 0.1) is 4.90 Å². The molecule has 1 N–H and O–H groups in total. The number of hydrogen-bond donors (Lipinski definition) is 1. The molecule has 3 aromatic carbocycles. The molecule has 0 fully saturated rings. The number of amidine groups is 1. The van der Waals surface area contributed by atoms with E-state index in [1.54, 1.807) is 42.5 Å². The zero-order valence-corrected chi connectivity index (χ0v) is 17.5. The minimum Gasteiger partial charge on any atom is -0.406 e. The summed E-state index contributed by atoms with van der Waals surface area (Å²) in [6.45, 7) is 0. The second-order valence-electron chi connectivity index (χ2n) is 5.93. The van der Waals surface area contributed by atoms with Crippen LogP contribution >= 0.6 is 15.9 Å². The number of benzene rings is 3. The highest BCUT2D eigenvalue weighted by Gasteiger charge is 2.31. The van der Waals surface area contributed by atoms with Crippen LogP contribution in [-0.2, 0) is 10.0 Å². The Morgan fingerprint density at radius 3 is 2.07 bits per heavy atom. The highest BCUT2D eigenvalue weighted by Crippen LogP contribution is 2.24. The van der Waals surface area contributed by atoms with Crippen molar-refractivity contribution in [2.75, 3.05) is 5.32 Å². The number of sulfonamides is 1. The Hall–Kier alpha value is -2.85. The first kappa shape index (κ1) is 21.8. The second kappa shape index (κ2) is 8.88. The van der Waals surface area contributed by atoms with Gasteiger partial charge in [0.1, 0.15) is 5.75 Å². The van der Waals surface area contributed by atoms with Gasteiger partial charge in [-0.2, -0.15) is 8.42 Å². The topological polar surface area (TPSA) is 67.8 Å². The molecule has 0 aliphatic rings. The van der Waals surface area contributed by atoms with Gasteiger partial charge in [0.15, 0.2) is 5.84 Å². The van der Waals surface area contributed by atoms with Gasteiger partial charge < -0.3 is 10.1 Å². The van der Waals surface area contributed by atoms with Crippen molar-refractivity contribution in [3.63, 3.8) is 0 Å². The summed E-state index contributed by atoms with van der Waals surface area (Å²) in [6.07, 6.45) is -4.80. The molecule has 0 amide bonds. The van der Waals surface area contributed by atoms with Gasteiger partial charge in [-0.15, -0.1) is 17.6 Å². The molecule has 0 saturated carbocycles. The lowest BCUT2D eigenvalue weighted by atomic mass is 10.2. The zero-order valence-electron chi connectivity index (χ0n) is 15.1. The fraction of sp³-hybridized carbons (Fsp3) is 0.0500. The third-order valence-electron chi connectivity index (χ3n) is 3.72. The Bertz CT molecular complexity index is 1130. The van der Waals surface area contributed by atoms with Crippen molar-refractivity contribution in [2.45, 2.75) is 11.3 Å². The largest absolute Gasteiger partial charge is 0.573 e. The Kier molecular flexibility index (Phi) is 6.47. The van der Waals surface area contributed by atoms with Crippen LogP contribution in [0.25, 0.3) is 0 Å². The van der Waals surface area contributed by atoms with Crippen molar-refractivity contribution in [2.24, 2.45) is 4.40 Å². The quantitative estimate of drug-likeness (QED) is 0.367. The van der Waals surface area contributed by atoms with Crippen LogP contribution < -0.4 is 10.1 Å². The number of anilines is 1. The van der Waals surface area contributed by atoms with Gasteiger partial charge in [0.2, 0.25) is 0 Å². The fourth-order valence-electron chi connectivity index (χ4n) is 2.40. The Morgan fingerprint density at radius 2 is 1.50 bits per heavy atom. The van der Waals surface area contributed by atoms with Gasteiger partial charge >= 0.3 is 6.36 Å². The van der Waals surface area contributed by atoms with E-state index in [1.807, 2.05) is 0 Å². The molecule has 0 aromatic heterocycles. The van der Waals surface area contributed by atoms with Crippen LogP contribution in [0.3, 0.4) is 0 Å². The average molecular weight is 499 g/mol. The van der Waals surface area contributed by atoms with Crippen LogP contribution in [0.2, 0.25) is 0 Å². The molecule has 156 valence electrons. The molecule has 0 unspecified atom stereocenters. The molecule has 3 rings (SSSR count). The summed E-state index contributed by atoms with van der Waals surface area (Å²) in [5.74, 6) is -0.378. The van der Waals surface area contributed by atoms with E-state index < -0.39 is 22.1 Å². The summed E-state index contributed by atoms with van der Waals surface area (Å²) >= 11 is 3.24. The minimum absolute atomic E-state index is 0.00476. The number of nitrogens with zero attached hydrogens (tertiary/aromatic N) is 1. The Balaban J connectivity index is 1.94. The van der Waals surface area contributed by atoms with Crippen LogP contribution in [0.5, 0.6) is 5.75 Å². The molecule has 0 aliphatic carbocycles. The fourth-order valence-corrected chi connectivity index (χ4v) is 3.64. The summed E-state index contributed by atoms with van der Waals surface area (Å²) in [6, 6.07) is 19.3. The summed E-state index contributed by atoms with van der Waals surface area (Å²) in [5.41, 5.74) is 0.812. The molecule has 30 heavy (non-hydrogen) atoms. The average Bonchev–Trinajstić information content (AvgIpc) is 2.69. The highest BCUT2D eigenvalue weighted by atomic mass is 79.9. The number of hydrogen-bond acceptors (Lipinski definition) is 3. The zero-order chi connectivity index (χ0) is 21.8. The summed E-state index contributed by atoms with van der Waals surface area (Å²) in [4.78, 5) is -0.00476. The van der Waals surface area contributed by atoms with Crippen LogP contribution in [0.4, 0.5) is 18.9 Å². The van der Waals surface area contributed by atoms with Gasteiger partial charge in [-0.1, -0.05) is 46.3 Å². The smallest absolute Gasteiger partial charge is 0.406 e. The Labute approximate surface area is 179 Å². The molecule has 10 heteroatoms. The molecular weight excluding hydrogens is 485 g/mol. The first-order valence-corrected chi connectivity index (χ1v) is 10.6. The first-order chi connectivity index (χ1) is 14.1. The van der Waals surface area contributed by atoms with Gasteiger partial charge in [-0.05, 0) is 48.5 Å². The molecule has 3 aromatic rings. The molecule has 0 aliphatic heterocycles. The maximum absolute atomic E-state index is 12.7. The molecule has 5 nitrogen and oxygen atoms in total. The van der Waals surface area contributed by atoms with Crippen molar-refractivity contribution in [3.8, 4) is 5.75 Å². The highest BCUT2D eigenvalue weighted by molar-refractivity contribution is 9.10. The van der Waals surface area contributed by atoms with Crippen LogP contribution in [0, 0.1) is 0 Å². The normalized spacial score (nSPS) is 12.5. The van der Waals surface area contributed by atoms with Crippen LogP contribution in [0.1, 0.15) is 5.56 Å². The van der Waals surface area contributed by atoms with Gasteiger partial charge in [-0.3, -0.25) is 0 Å². The summed E-state index contributed by atoms with van der Waals surface area (Å²) in [5, 5.41) is 2.85. The van der Waals surface area contributed by atoms with E-state index in [1.165, 1.54) is 24.3 Å². The predicted octanol–water partition coefficient (Wildman–Crippen LogP) is 5.60. The van der Waals surface area contributed by atoms with Gasteiger partial charge in [-0.25, -0.2) is 0 Å². The first-order valence-electron chi connectivity index (χ1n) is 8.41. The van der Waals surface area contributed by atoms with Crippen LogP contribution in [-0.4, -0.2) is 20.6 Å². The SMILES string of the molecule is O=S(=O)(/N=C(\Nc1ccc(OC(F)(F)F)cc1)c1ccccc1)c1ccc(Br)cc1. The number of alkyl halides is 3. The molecule has 0 spiro atoms. The second-order valence-corrected chi connectivity index (χ2v) is 8.45. The molecule has 0 heterocycles. The molecule has 0 saturated heterocycles. The van der Waals surface area contributed by atoms with Crippen molar-refractivity contribution in [1.29, 1.82) is 0 Å². The molecule has 0 radical (unpaired) electrons. The predicted molar refractivity (Wildman–Crippen MR) is 111 cm³/mol. The maximum atomic E-state index is 12.7. The van der Waals surface area contributed by atoms with Crippen molar-refractivity contribution in [3.05, 3.63) is 88.9 Å². The maximum Gasteiger partial charge on any atom is 0.573 e. The van der Waals surface area contributed by atoms with E-state index in [-0.39, 0.29) is 10.7 Å². The monoisotopic (exact) mass is 498 g/mol. The lowest BCUT2D eigenvalue weighted by Gasteiger charge is -2.12. The van der Waals surface area contributed by atoms with Crippen molar-refractivity contribution < 1.29 is 26.3 Å². The third kappa shape index (κ3) is 6.07. The number of nitrogens with one attached hydrogen (secondary N) is 1. The van der Waals surface area contributed by atoms with Crippen molar-refractivity contribution >= 4 is 37.5 Å². The van der Waals surface area contributed by atoms with E-state index >= 15 is 0 Å². The number of ether oxygens (including phenoxy) is 1. The van der Waals surface area contributed by atoms with Gasteiger partial charge in [0, 0.05) is 15.7 Å². The van der Waals surface area contributed by atoms with E-state index in [0.717, 1.165) is 12.1 Å². The van der Waals surface area contributed by atoms with Crippen LogP contribution in [0.15, 0.2) is 92.6 Å². The third-order valence-corrected chi connectivity index (χ3v) is 5.54. The van der Waals surface area contributed by atoms with E-state index in [9.17, 15) is 21.6 Å². The number of halogens is 4. The molecule has 0 atom stereocenters. The Morgan fingerprint density at radius 1 is 0.900 bits per heavy atom. The standard InChI is InChI=1S/C20H14BrF3N2O3S/c21-15-6-12-18(13-7-15)30(27,28)26-19(14-4-2-1-3-5-14)25-16-8-10-17(11-9-16)29-20(22,23)24/h1-13H,(H,25,26). The molecule has 0 bridgehead atoms. The van der Waals surface area contributed by atoms with E-state index in [2.05, 4.69) is 30.4 Å². The minimum atomic E-state index is -4.80.